The van der Waals surface area contributed by atoms with Crippen LogP contribution in [0.5, 0.6) is 0 Å². The SMILES string of the molecule is CC(C)n1ccc2c(C(=O)Nc3cccc4[nH]ccc34)cccc21. The minimum absolute atomic E-state index is 0.0872. The van der Waals surface area contributed by atoms with Gasteiger partial charge >= 0.3 is 0 Å². The van der Waals surface area contributed by atoms with Crippen molar-refractivity contribution in [3.8, 4) is 0 Å². The van der Waals surface area contributed by atoms with Crippen molar-refractivity contribution in [1.29, 1.82) is 0 Å². The fraction of sp³-hybridized carbons (Fsp3) is 0.150. The van der Waals surface area contributed by atoms with Gasteiger partial charge in [0.15, 0.2) is 0 Å². The van der Waals surface area contributed by atoms with E-state index in [1.165, 1.54) is 0 Å². The number of aromatic nitrogens is 2. The summed E-state index contributed by atoms with van der Waals surface area (Å²) in [4.78, 5) is 16.0. The fourth-order valence-electron chi connectivity index (χ4n) is 3.22. The molecule has 2 aromatic carbocycles. The molecule has 0 aliphatic rings. The van der Waals surface area contributed by atoms with Crippen molar-refractivity contribution in [2.24, 2.45) is 0 Å². The monoisotopic (exact) mass is 317 g/mol. The zero-order valence-electron chi connectivity index (χ0n) is 13.7. The maximum absolute atomic E-state index is 12.8. The number of rotatable bonds is 3. The molecule has 2 aromatic heterocycles. The number of nitrogens with zero attached hydrogens (tertiary/aromatic N) is 1. The Balaban J connectivity index is 1.75. The molecule has 4 nitrogen and oxygen atoms in total. The van der Waals surface area contributed by atoms with Crippen LogP contribution in [-0.2, 0) is 0 Å². The molecular formula is C20H19N3O. The predicted octanol–water partition coefficient (Wildman–Crippen LogP) is 4.96. The average molecular weight is 317 g/mol. The highest BCUT2D eigenvalue weighted by Crippen LogP contribution is 2.26. The molecule has 0 spiro atoms. The molecule has 0 radical (unpaired) electrons. The Kier molecular flexibility index (Phi) is 3.38. The Morgan fingerprint density at radius 2 is 1.88 bits per heavy atom. The molecule has 1 amide bonds. The second kappa shape index (κ2) is 5.57. The average Bonchev–Trinajstić information content (AvgIpc) is 3.21. The summed E-state index contributed by atoms with van der Waals surface area (Å²) in [6, 6.07) is 16.1. The van der Waals surface area contributed by atoms with Gasteiger partial charge in [0.25, 0.3) is 5.91 Å². The van der Waals surface area contributed by atoms with Gasteiger partial charge in [-0.25, -0.2) is 0 Å². The summed E-state index contributed by atoms with van der Waals surface area (Å²) in [5, 5.41) is 5.04. The van der Waals surface area contributed by atoms with Crippen molar-refractivity contribution in [2.75, 3.05) is 5.32 Å². The molecular weight excluding hydrogens is 298 g/mol. The number of anilines is 1. The number of nitrogens with one attached hydrogen (secondary N) is 2. The van der Waals surface area contributed by atoms with Crippen LogP contribution < -0.4 is 5.32 Å². The van der Waals surface area contributed by atoms with E-state index < -0.39 is 0 Å². The van der Waals surface area contributed by atoms with Crippen LogP contribution in [-0.4, -0.2) is 15.5 Å². The molecule has 0 saturated carbocycles. The first-order valence-corrected chi connectivity index (χ1v) is 8.12. The molecule has 2 heterocycles. The van der Waals surface area contributed by atoms with E-state index in [1.54, 1.807) is 0 Å². The van der Waals surface area contributed by atoms with Crippen LogP contribution in [0, 0.1) is 0 Å². The Bertz CT molecular complexity index is 1040. The first kappa shape index (κ1) is 14.6. The third kappa shape index (κ3) is 2.27. The van der Waals surface area contributed by atoms with E-state index in [9.17, 15) is 4.79 Å². The van der Waals surface area contributed by atoms with Gasteiger partial charge in [0.05, 0.1) is 5.69 Å². The summed E-state index contributed by atoms with van der Waals surface area (Å²) in [5.41, 5.74) is 3.60. The quantitative estimate of drug-likeness (QED) is 0.551. The van der Waals surface area contributed by atoms with Gasteiger partial charge in [-0.3, -0.25) is 4.79 Å². The largest absolute Gasteiger partial charge is 0.361 e. The van der Waals surface area contributed by atoms with E-state index in [0.717, 1.165) is 27.5 Å². The number of aromatic amines is 1. The Morgan fingerprint density at radius 1 is 1.04 bits per heavy atom. The molecule has 0 aliphatic carbocycles. The number of hydrogen-bond donors (Lipinski definition) is 2. The van der Waals surface area contributed by atoms with Crippen LogP contribution in [0.4, 0.5) is 5.69 Å². The topological polar surface area (TPSA) is 49.8 Å². The summed E-state index contributed by atoms with van der Waals surface area (Å²) >= 11 is 0. The fourth-order valence-corrected chi connectivity index (χ4v) is 3.22. The van der Waals surface area contributed by atoms with Crippen molar-refractivity contribution in [3.63, 3.8) is 0 Å². The minimum atomic E-state index is -0.0872. The Labute approximate surface area is 140 Å². The van der Waals surface area contributed by atoms with Crippen LogP contribution in [0.3, 0.4) is 0 Å². The number of hydrogen-bond acceptors (Lipinski definition) is 1. The van der Waals surface area contributed by atoms with Crippen LogP contribution in [0.1, 0.15) is 30.2 Å². The highest BCUT2D eigenvalue weighted by atomic mass is 16.1. The molecule has 4 heteroatoms. The molecule has 2 N–H and O–H groups in total. The van der Waals surface area contributed by atoms with Gasteiger partial charge in [-0.05, 0) is 50.2 Å². The van der Waals surface area contributed by atoms with E-state index in [4.69, 9.17) is 0 Å². The van der Waals surface area contributed by atoms with Gasteiger partial charge in [-0.15, -0.1) is 0 Å². The van der Waals surface area contributed by atoms with E-state index in [2.05, 4.69) is 34.8 Å². The number of amides is 1. The van der Waals surface area contributed by atoms with E-state index in [-0.39, 0.29) is 5.91 Å². The highest BCUT2D eigenvalue weighted by Gasteiger charge is 2.14. The lowest BCUT2D eigenvalue weighted by atomic mass is 10.1. The van der Waals surface area contributed by atoms with Crippen LogP contribution in [0.15, 0.2) is 60.9 Å². The molecule has 4 aromatic rings. The summed E-state index contributed by atoms with van der Waals surface area (Å²) in [5.74, 6) is -0.0872. The zero-order chi connectivity index (χ0) is 16.7. The van der Waals surface area contributed by atoms with E-state index >= 15 is 0 Å². The standard InChI is InChI=1S/C20H19N3O/c1-13(2)23-12-10-14-15(5-3-8-19(14)23)20(24)22-18-7-4-6-17-16(18)9-11-21-17/h3-13,21H,1-2H3,(H,22,24). The minimum Gasteiger partial charge on any atom is -0.361 e. The maximum Gasteiger partial charge on any atom is 0.256 e. The van der Waals surface area contributed by atoms with Crippen molar-refractivity contribution in [3.05, 3.63) is 66.5 Å². The summed E-state index contributed by atoms with van der Waals surface area (Å²) < 4.78 is 2.18. The van der Waals surface area contributed by atoms with Gasteiger partial charge in [-0.2, -0.15) is 0 Å². The molecule has 0 fully saturated rings. The lowest BCUT2D eigenvalue weighted by molar-refractivity contribution is 0.102. The van der Waals surface area contributed by atoms with Gasteiger partial charge in [-0.1, -0.05) is 12.1 Å². The molecule has 0 saturated heterocycles. The molecule has 0 bridgehead atoms. The summed E-state index contributed by atoms with van der Waals surface area (Å²) in [6.07, 6.45) is 3.92. The smallest absolute Gasteiger partial charge is 0.256 e. The highest BCUT2D eigenvalue weighted by molar-refractivity contribution is 6.14. The zero-order valence-corrected chi connectivity index (χ0v) is 13.7. The Hall–Kier alpha value is -3.01. The van der Waals surface area contributed by atoms with Crippen molar-refractivity contribution >= 4 is 33.4 Å². The molecule has 120 valence electrons. The van der Waals surface area contributed by atoms with Crippen molar-refractivity contribution in [2.45, 2.75) is 19.9 Å². The number of fused-ring (bicyclic) bond motifs is 2. The number of carbonyl (C=O) groups is 1. The molecule has 0 unspecified atom stereocenters. The molecule has 0 atom stereocenters. The molecule has 0 aliphatic heterocycles. The number of carbonyl (C=O) groups excluding carboxylic acids is 1. The summed E-state index contributed by atoms with van der Waals surface area (Å²) in [7, 11) is 0. The molecule has 4 rings (SSSR count). The van der Waals surface area contributed by atoms with Crippen LogP contribution in [0.2, 0.25) is 0 Å². The number of H-pyrrole nitrogens is 1. The lowest BCUT2D eigenvalue weighted by Crippen LogP contribution is -2.12. The van der Waals surface area contributed by atoms with E-state index in [0.29, 0.717) is 11.6 Å². The summed E-state index contributed by atoms with van der Waals surface area (Å²) in [6.45, 7) is 4.28. The van der Waals surface area contributed by atoms with Gasteiger partial charge in [0.2, 0.25) is 0 Å². The second-order valence-corrected chi connectivity index (χ2v) is 6.25. The van der Waals surface area contributed by atoms with Crippen molar-refractivity contribution in [1.82, 2.24) is 9.55 Å². The molecule has 24 heavy (non-hydrogen) atoms. The first-order chi connectivity index (χ1) is 11.6. The van der Waals surface area contributed by atoms with Gasteiger partial charge in [0, 0.05) is 45.8 Å². The first-order valence-electron chi connectivity index (χ1n) is 8.12. The lowest BCUT2D eigenvalue weighted by Gasteiger charge is -2.11. The Morgan fingerprint density at radius 3 is 2.71 bits per heavy atom. The van der Waals surface area contributed by atoms with E-state index in [1.807, 2.05) is 54.9 Å². The van der Waals surface area contributed by atoms with Crippen LogP contribution >= 0.6 is 0 Å². The van der Waals surface area contributed by atoms with Crippen LogP contribution in [0.25, 0.3) is 21.8 Å². The third-order valence-electron chi connectivity index (χ3n) is 4.41. The third-order valence-corrected chi connectivity index (χ3v) is 4.41. The number of benzene rings is 2. The predicted molar refractivity (Wildman–Crippen MR) is 98.6 cm³/mol. The van der Waals surface area contributed by atoms with Gasteiger partial charge < -0.3 is 14.9 Å². The van der Waals surface area contributed by atoms with Gasteiger partial charge in [0.1, 0.15) is 0 Å². The normalized spacial score (nSPS) is 11.5. The van der Waals surface area contributed by atoms with Crippen molar-refractivity contribution < 1.29 is 4.79 Å². The maximum atomic E-state index is 12.8. The second-order valence-electron chi connectivity index (χ2n) is 6.25.